The molecule has 0 saturated heterocycles. The lowest BCUT2D eigenvalue weighted by molar-refractivity contribution is 0.619. The molecule has 0 aliphatic heterocycles. The van der Waals surface area contributed by atoms with Crippen LogP contribution in [0.3, 0.4) is 0 Å². The summed E-state index contributed by atoms with van der Waals surface area (Å²) in [5, 5.41) is 4.67. The largest absolute Gasteiger partial charge is 0.361 e. The molecule has 0 amide bonds. The highest BCUT2D eigenvalue weighted by Crippen LogP contribution is 2.17. The molecular weight excluding hydrogens is 263 g/mol. The van der Waals surface area contributed by atoms with Gasteiger partial charge in [0.05, 0.1) is 0 Å². The van der Waals surface area contributed by atoms with E-state index in [1.807, 2.05) is 19.1 Å². The second-order valence-electron chi connectivity index (χ2n) is 5.36. The lowest BCUT2D eigenvalue weighted by Crippen LogP contribution is -2.17. The SMILES string of the molecule is Cc1ccc(F)cc1CNCCc1c[nH]c2ccccc12. The first kappa shape index (κ1) is 13.8. The molecule has 0 saturated carbocycles. The highest BCUT2D eigenvalue weighted by Gasteiger charge is 2.03. The van der Waals surface area contributed by atoms with Crippen LogP contribution in [0.15, 0.2) is 48.7 Å². The van der Waals surface area contributed by atoms with E-state index < -0.39 is 0 Å². The minimum atomic E-state index is -0.172. The number of nitrogens with one attached hydrogen (secondary N) is 2. The van der Waals surface area contributed by atoms with E-state index in [4.69, 9.17) is 0 Å². The second kappa shape index (κ2) is 6.10. The van der Waals surface area contributed by atoms with Gasteiger partial charge in [0.15, 0.2) is 0 Å². The zero-order valence-corrected chi connectivity index (χ0v) is 12.1. The van der Waals surface area contributed by atoms with Gasteiger partial charge in [-0.25, -0.2) is 4.39 Å². The van der Waals surface area contributed by atoms with Crippen LogP contribution in [0.5, 0.6) is 0 Å². The molecule has 0 aliphatic rings. The van der Waals surface area contributed by atoms with Crippen LogP contribution < -0.4 is 5.32 Å². The number of hydrogen-bond acceptors (Lipinski definition) is 1. The van der Waals surface area contributed by atoms with Gasteiger partial charge in [-0.3, -0.25) is 0 Å². The summed E-state index contributed by atoms with van der Waals surface area (Å²) >= 11 is 0. The van der Waals surface area contributed by atoms with Gasteiger partial charge in [0, 0.05) is 23.6 Å². The molecule has 0 bridgehead atoms. The van der Waals surface area contributed by atoms with Crippen molar-refractivity contribution >= 4 is 10.9 Å². The van der Waals surface area contributed by atoms with Crippen LogP contribution in [0.2, 0.25) is 0 Å². The van der Waals surface area contributed by atoms with Gasteiger partial charge in [-0.05, 0) is 54.8 Å². The number of H-pyrrole nitrogens is 1. The summed E-state index contributed by atoms with van der Waals surface area (Å²) in [4.78, 5) is 3.29. The van der Waals surface area contributed by atoms with Gasteiger partial charge in [0.1, 0.15) is 5.82 Å². The van der Waals surface area contributed by atoms with Gasteiger partial charge < -0.3 is 10.3 Å². The molecule has 3 rings (SSSR count). The number of halogens is 1. The lowest BCUT2D eigenvalue weighted by Gasteiger charge is -2.08. The number of hydrogen-bond donors (Lipinski definition) is 2. The highest BCUT2D eigenvalue weighted by molar-refractivity contribution is 5.83. The molecule has 1 aromatic heterocycles. The zero-order chi connectivity index (χ0) is 14.7. The van der Waals surface area contributed by atoms with Crippen LogP contribution in [0.1, 0.15) is 16.7 Å². The third-order valence-corrected chi connectivity index (χ3v) is 3.87. The number of aromatic amines is 1. The van der Waals surface area contributed by atoms with Crippen LogP contribution in [-0.2, 0) is 13.0 Å². The molecule has 0 unspecified atom stereocenters. The van der Waals surface area contributed by atoms with Gasteiger partial charge in [-0.15, -0.1) is 0 Å². The molecule has 0 radical (unpaired) electrons. The average Bonchev–Trinajstić information content (AvgIpc) is 2.90. The predicted octanol–water partition coefficient (Wildman–Crippen LogP) is 3.95. The molecule has 0 aliphatic carbocycles. The number of benzene rings is 2. The average molecular weight is 282 g/mol. The summed E-state index contributed by atoms with van der Waals surface area (Å²) in [6.45, 7) is 3.58. The zero-order valence-electron chi connectivity index (χ0n) is 12.1. The Bertz CT molecular complexity index is 746. The van der Waals surface area contributed by atoms with Gasteiger partial charge in [-0.2, -0.15) is 0 Å². The molecule has 1 heterocycles. The first-order chi connectivity index (χ1) is 10.2. The highest BCUT2D eigenvalue weighted by atomic mass is 19.1. The minimum absolute atomic E-state index is 0.172. The van der Waals surface area contributed by atoms with Crippen LogP contribution in [-0.4, -0.2) is 11.5 Å². The fourth-order valence-corrected chi connectivity index (χ4v) is 2.62. The summed E-state index contributed by atoms with van der Waals surface area (Å²) in [5.41, 5.74) is 4.63. The van der Waals surface area contributed by atoms with Crippen molar-refractivity contribution in [3.63, 3.8) is 0 Å². The summed E-state index contributed by atoms with van der Waals surface area (Å²) < 4.78 is 13.2. The van der Waals surface area contributed by atoms with E-state index in [-0.39, 0.29) is 5.82 Å². The number of fused-ring (bicyclic) bond motifs is 1. The molecule has 3 heteroatoms. The van der Waals surface area contributed by atoms with Gasteiger partial charge in [0.25, 0.3) is 0 Å². The van der Waals surface area contributed by atoms with E-state index in [0.717, 1.165) is 24.1 Å². The lowest BCUT2D eigenvalue weighted by atomic mass is 10.1. The fraction of sp³-hybridized carbons (Fsp3) is 0.222. The molecule has 21 heavy (non-hydrogen) atoms. The van der Waals surface area contributed by atoms with E-state index in [1.54, 1.807) is 6.07 Å². The molecule has 2 N–H and O–H groups in total. The van der Waals surface area contributed by atoms with Crippen molar-refractivity contribution in [1.29, 1.82) is 0 Å². The van der Waals surface area contributed by atoms with E-state index in [1.165, 1.54) is 22.5 Å². The molecule has 0 fully saturated rings. The Hall–Kier alpha value is -2.13. The van der Waals surface area contributed by atoms with Crippen molar-refractivity contribution in [1.82, 2.24) is 10.3 Å². The third kappa shape index (κ3) is 3.14. The Kier molecular flexibility index (Phi) is 4.02. The Morgan fingerprint density at radius 2 is 1.95 bits per heavy atom. The smallest absolute Gasteiger partial charge is 0.123 e. The molecule has 2 nitrogen and oxygen atoms in total. The van der Waals surface area contributed by atoms with Crippen molar-refractivity contribution in [2.45, 2.75) is 19.9 Å². The van der Waals surface area contributed by atoms with Gasteiger partial charge >= 0.3 is 0 Å². The van der Waals surface area contributed by atoms with Crippen molar-refractivity contribution in [2.24, 2.45) is 0 Å². The van der Waals surface area contributed by atoms with Crippen LogP contribution in [0.25, 0.3) is 10.9 Å². The standard InChI is InChI=1S/C18H19FN2/c1-13-6-7-16(19)10-15(13)11-20-9-8-14-12-21-18-5-3-2-4-17(14)18/h2-7,10,12,20-21H,8-9,11H2,1H3. The monoisotopic (exact) mass is 282 g/mol. The molecule has 2 aromatic carbocycles. The number of aromatic nitrogens is 1. The maximum atomic E-state index is 13.2. The van der Waals surface area contributed by atoms with Crippen LogP contribution >= 0.6 is 0 Å². The fourth-order valence-electron chi connectivity index (χ4n) is 2.62. The Balaban J connectivity index is 1.58. The first-order valence-electron chi connectivity index (χ1n) is 7.25. The normalized spacial score (nSPS) is 11.1. The topological polar surface area (TPSA) is 27.8 Å². The number of para-hydroxylation sites is 1. The maximum Gasteiger partial charge on any atom is 0.123 e. The maximum absolute atomic E-state index is 13.2. The third-order valence-electron chi connectivity index (χ3n) is 3.87. The van der Waals surface area contributed by atoms with Crippen molar-refractivity contribution in [2.75, 3.05) is 6.54 Å². The first-order valence-corrected chi connectivity index (χ1v) is 7.25. The van der Waals surface area contributed by atoms with E-state index in [9.17, 15) is 4.39 Å². The van der Waals surface area contributed by atoms with Crippen LogP contribution in [0.4, 0.5) is 4.39 Å². The Morgan fingerprint density at radius 3 is 2.86 bits per heavy atom. The Labute approximate surface area is 124 Å². The Morgan fingerprint density at radius 1 is 1.10 bits per heavy atom. The summed E-state index contributed by atoms with van der Waals surface area (Å²) in [6.07, 6.45) is 3.03. The number of aryl methyl sites for hydroxylation is 1. The minimum Gasteiger partial charge on any atom is -0.361 e. The van der Waals surface area contributed by atoms with E-state index >= 15 is 0 Å². The van der Waals surface area contributed by atoms with Crippen molar-refractivity contribution < 1.29 is 4.39 Å². The number of rotatable bonds is 5. The molecule has 0 spiro atoms. The quantitative estimate of drug-likeness (QED) is 0.681. The van der Waals surface area contributed by atoms with Crippen molar-refractivity contribution in [3.8, 4) is 0 Å². The summed E-state index contributed by atoms with van der Waals surface area (Å²) in [6, 6.07) is 13.3. The molecule has 108 valence electrons. The van der Waals surface area contributed by atoms with E-state index in [0.29, 0.717) is 6.54 Å². The van der Waals surface area contributed by atoms with Gasteiger partial charge in [-0.1, -0.05) is 24.3 Å². The summed E-state index contributed by atoms with van der Waals surface area (Å²) in [5.74, 6) is -0.172. The predicted molar refractivity (Wildman–Crippen MR) is 84.8 cm³/mol. The molecule has 3 aromatic rings. The van der Waals surface area contributed by atoms with Crippen molar-refractivity contribution in [3.05, 3.63) is 71.2 Å². The molecule has 0 atom stereocenters. The molecular formula is C18H19FN2. The summed E-state index contributed by atoms with van der Waals surface area (Å²) in [7, 11) is 0. The van der Waals surface area contributed by atoms with E-state index in [2.05, 4.69) is 34.7 Å². The van der Waals surface area contributed by atoms with Crippen LogP contribution in [0, 0.1) is 12.7 Å². The van der Waals surface area contributed by atoms with Gasteiger partial charge in [0.2, 0.25) is 0 Å². The second-order valence-corrected chi connectivity index (χ2v) is 5.36.